The van der Waals surface area contributed by atoms with Gasteiger partial charge >= 0.3 is 6.18 Å². The summed E-state index contributed by atoms with van der Waals surface area (Å²) in [5.41, 5.74) is 0. The molecule has 0 bridgehead atoms. The maximum Gasteiger partial charge on any atom is 0.414 e. The Morgan fingerprint density at radius 3 is 2.12 bits per heavy atom. The molecule has 0 amide bonds. The van der Waals surface area contributed by atoms with E-state index < -0.39 is 12.3 Å². The van der Waals surface area contributed by atoms with Gasteiger partial charge in [-0.05, 0) is 19.3 Å². The average Bonchev–Trinajstić information content (AvgIpc) is 2.25. The molecule has 17 heavy (non-hydrogen) atoms. The summed E-state index contributed by atoms with van der Waals surface area (Å²) < 4.78 is 41.1. The van der Waals surface area contributed by atoms with Crippen molar-refractivity contribution < 1.29 is 23.0 Å². The summed E-state index contributed by atoms with van der Waals surface area (Å²) in [5.74, 6) is 0. The van der Waals surface area contributed by atoms with Crippen LogP contribution >= 0.6 is 0 Å². The lowest BCUT2D eigenvalue weighted by molar-refractivity contribution is -0.205. The molecule has 0 aliphatic carbocycles. The maximum absolute atomic E-state index is 11.9. The minimum absolute atomic E-state index is 0.209. The van der Waals surface area contributed by atoms with Gasteiger partial charge in [-0.15, -0.1) is 0 Å². The fraction of sp³-hybridized carbons (Fsp3) is 1.00. The minimum Gasteiger partial charge on any atom is -0.384 e. The summed E-state index contributed by atoms with van der Waals surface area (Å²) in [7, 11) is 0. The highest BCUT2D eigenvalue weighted by atomic mass is 19.4. The second-order valence-corrected chi connectivity index (χ2v) is 4.23. The number of rotatable bonds is 10. The molecule has 1 N–H and O–H groups in total. The molecule has 104 valence electrons. The van der Waals surface area contributed by atoms with E-state index in [-0.39, 0.29) is 6.42 Å². The first-order chi connectivity index (χ1) is 7.98. The van der Waals surface area contributed by atoms with E-state index in [1.54, 1.807) is 0 Å². The van der Waals surface area contributed by atoms with E-state index in [1.807, 2.05) is 0 Å². The monoisotopic (exact) mass is 256 g/mol. The van der Waals surface area contributed by atoms with Crippen LogP contribution in [0.15, 0.2) is 0 Å². The number of hydrogen-bond acceptors (Lipinski definition) is 2. The second-order valence-electron chi connectivity index (χ2n) is 4.23. The van der Waals surface area contributed by atoms with Gasteiger partial charge in [-0.1, -0.05) is 32.6 Å². The van der Waals surface area contributed by atoms with Crippen molar-refractivity contribution in [1.82, 2.24) is 0 Å². The highest BCUT2D eigenvalue weighted by Gasteiger charge is 2.37. The zero-order chi connectivity index (χ0) is 13.1. The first-order valence-electron chi connectivity index (χ1n) is 6.31. The van der Waals surface area contributed by atoms with Crippen LogP contribution in [0.5, 0.6) is 0 Å². The number of halogens is 3. The lowest BCUT2D eigenvalue weighted by atomic mass is 10.1. The van der Waals surface area contributed by atoms with E-state index in [2.05, 4.69) is 6.92 Å². The Morgan fingerprint density at radius 1 is 1.00 bits per heavy atom. The lowest BCUT2D eigenvalue weighted by Crippen LogP contribution is -2.28. The van der Waals surface area contributed by atoms with Crippen molar-refractivity contribution in [1.29, 1.82) is 0 Å². The van der Waals surface area contributed by atoms with Crippen LogP contribution in [0.25, 0.3) is 0 Å². The second kappa shape index (κ2) is 9.71. The Bertz CT molecular complexity index is 172. The van der Waals surface area contributed by atoms with Gasteiger partial charge in [0.2, 0.25) is 0 Å². The number of ether oxygens (including phenoxy) is 1. The van der Waals surface area contributed by atoms with E-state index in [1.165, 1.54) is 0 Å². The topological polar surface area (TPSA) is 29.5 Å². The summed E-state index contributed by atoms with van der Waals surface area (Å²) in [6.07, 6.45) is -1.69. The molecular formula is C12H23F3O2. The van der Waals surface area contributed by atoms with Gasteiger partial charge in [0.05, 0.1) is 0 Å². The Morgan fingerprint density at radius 2 is 1.59 bits per heavy atom. The number of hydrogen-bond donors (Lipinski definition) is 1. The Hall–Kier alpha value is -0.290. The molecule has 0 rings (SSSR count). The van der Waals surface area contributed by atoms with E-state index in [0.29, 0.717) is 19.4 Å². The molecule has 0 heterocycles. The molecular weight excluding hydrogens is 233 g/mol. The number of unbranched alkanes of at least 4 members (excludes halogenated alkanes) is 4. The van der Waals surface area contributed by atoms with Crippen LogP contribution in [-0.4, -0.2) is 30.6 Å². The van der Waals surface area contributed by atoms with Crippen LogP contribution in [0, 0.1) is 0 Å². The first-order valence-corrected chi connectivity index (χ1v) is 6.31. The third kappa shape index (κ3) is 10.6. The van der Waals surface area contributed by atoms with Crippen molar-refractivity contribution in [3.8, 4) is 0 Å². The quantitative estimate of drug-likeness (QED) is 0.604. The molecule has 0 saturated carbocycles. The third-order valence-corrected chi connectivity index (χ3v) is 2.54. The van der Waals surface area contributed by atoms with Gasteiger partial charge in [-0.2, -0.15) is 13.2 Å². The molecule has 0 fully saturated rings. The number of aliphatic hydroxyl groups is 1. The largest absolute Gasteiger partial charge is 0.414 e. The van der Waals surface area contributed by atoms with Gasteiger partial charge in [0, 0.05) is 13.2 Å². The summed E-state index contributed by atoms with van der Waals surface area (Å²) in [5, 5.41) is 8.73. The Kier molecular flexibility index (Phi) is 9.55. The van der Waals surface area contributed by atoms with Crippen LogP contribution < -0.4 is 0 Å². The Labute approximate surface area is 101 Å². The average molecular weight is 256 g/mol. The standard InChI is InChI=1S/C12H23F3O2/c1-2-3-6-9-17-10-7-4-5-8-11(16)12(13,14)15/h11,16H,2-10H2,1H3. The van der Waals surface area contributed by atoms with Crippen molar-refractivity contribution in [3.63, 3.8) is 0 Å². The summed E-state index contributed by atoms with van der Waals surface area (Å²) in [4.78, 5) is 0. The van der Waals surface area contributed by atoms with E-state index in [0.717, 1.165) is 32.3 Å². The van der Waals surface area contributed by atoms with E-state index >= 15 is 0 Å². The molecule has 0 spiro atoms. The SMILES string of the molecule is CCCCCOCCCCCC(O)C(F)(F)F. The fourth-order valence-electron chi connectivity index (χ4n) is 1.44. The maximum atomic E-state index is 11.9. The summed E-state index contributed by atoms with van der Waals surface area (Å²) in [6.45, 7) is 3.46. The normalized spacial score (nSPS) is 13.9. The molecule has 2 nitrogen and oxygen atoms in total. The lowest BCUT2D eigenvalue weighted by Gasteiger charge is -2.13. The van der Waals surface area contributed by atoms with Crippen LogP contribution in [0.4, 0.5) is 13.2 Å². The van der Waals surface area contributed by atoms with Gasteiger partial charge in [-0.3, -0.25) is 0 Å². The molecule has 1 unspecified atom stereocenters. The highest BCUT2D eigenvalue weighted by Crippen LogP contribution is 2.23. The molecule has 0 aliphatic rings. The van der Waals surface area contributed by atoms with Crippen LogP contribution in [0.3, 0.4) is 0 Å². The molecule has 0 aromatic carbocycles. The molecule has 5 heteroatoms. The minimum atomic E-state index is -4.48. The number of alkyl halides is 3. The van der Waals surface area contributed by atoms with E-state index in [4.69, 9.17) is 9.84 Å². The Balaban J connectivity index is 3.19. The summed E-state index contributed by atoms with van der Waals surface area (Å²) >= 11 is 0. The van der Waals surface area contributed by atoms with E-state index in [9.17, 15) is 13.2 Å². The molecule has 1 atom stereocenters. The van der Waals surface area contributed by atoms with Gasteiger partial charge in [0.15, 0.2) is 0 Å². The zero-order valence-corrected chi connectivity index (χ0v) is 10.4. The number of aliphatic hydroxyl groups excluding tert-OH is 1. The van der Waals surface area contributed by atoms with Crippen molar-refractivity contribution in [2.45, 2.75) is 64.1 Å². The van der Waals surface area contributed by atoms with Crippen molar-refractivity contribution in [2.24, 2.45) is 0 Å². The van der Waals surface area contributed by atoms with Gasteiger partial charge in [-0.25, -0.2) is 0 Å². The van der Waals surface area contributed by atoms with Gasteiger partial charge < -0.3 is 9.84 Å². The van der Waals surface area contributed by atoms with Gasteiger partial charge in [0.25, 0.3) is 0 Å². The van der Waals surface area contributed by atoms with Crippen molar-refractivity contribution in [3.05, 3.63) is 0 Å². The zero-order valence-electron chi connectivity index (χ0n) is 10.4. The highest BCUT2D eigenvalue weighted by molar-refractivity contribution is 4.64. The predicted octanol–water partition coefficient (Wildman–Crippen LogP) is 3.68. The smallest absolute Gasteiger partial charge is 0.384 e. The first kappa shape index (κ1) is 16.7. The molecule has 0 radical (unpaired) electrons. The molecule has 0 aromatic heterocycles. The predicted molar refractivity (Wildman–Crippen MR) is 60.9 cm³/mol. The van der Waals surface area contributed by atoms with Crippen molar-refractivity contribution in [2.75, 3.05) is 13.2 Å². The molecule has 0 aromatic rings. The van der Waals surface area contributed by atoms with Gasteiger partial charge in [0.1, 0.15) is 6.10 Å². The summed E-state index contributed by atoms with van der Waals surface area (Å²) in [6, 6.07) is 0. The van der Waals surface area contributed by atoms with Crippen molar-refractivity contribution >= 4 is 0 Å². The van der Waals surface area contributed by atoms with Crippen LogP contribution in [0.2, 0.25) is 0 Å². The van der Waals surface area contributed by atoms with Crippen LogP contribution in [-0.2, 0) is 4.74 Å². The molecule has 0 saturated heterocycles. The fourth-order valence-corrected chi connectivity index (χ4v) is 1.44. The van der Waals surface area contributed by atoms with Crippen LogP contribution in [0.1, 0.15) is 51.9 Å². The molecule has 0 aliphatic heterocycles. The third-order valence-electron chi connectivity index (χ3n) is 2.54.